The molecule has 1 N–H and O–H groups in total. The zero-order chi connectivity index (χ0) is 12.4. The van der Waals surface area contributed by atoms with Crippen LogP contribution in [0.1, 0.15) is 26.7 Å². The molecule has 0 atom stereocenters. The van der Waals surface area contributed by atoms with Gasteiger partial charge in [-0.15, -0.1) is 0 Å². The van der Waals surface area contributed by atoms with E-state index >= 15 is 0 Å². The molecule has 0 radical (unpaired) electrons. The first-order valence-corrected chi connectivity index (χ1v) is 5.69. The van der Waals surface area contributed by atoms with E-state index in [2.05, 4.69) is 5.32 Å². The van der Waals surface area contributed by atoms with Crippen LogP contribution in [0.15, 0.2) is 0 Å². The number of carbonyl (C=O) groups excluding carboxylic acids is 2. The van der Waals surface area contributed by atoms with Crippen molar-refractivity contribution in [2.45, 2.75) is 26.7 Å². The van der Waals surface area contributed by atoms with Crippen molar-refractivity contribution >= 4 is 11.8 Å². The molecule has 0 rings (SSSR count). The highest BCUT2D eigenvalue weighted by Gasteiger charge is 2.13. The van der Waals surface area contributed by atoms with Crippen molar-refractivity contribution in [3.63, 3.8) is 0 Å². The summed E-state index contributed by atoms with van der Waals surface area (Å²) in [5.74, 6) is -0.331. The van der Waals surface area contributed by atoms with Crippen LogP contribution in [0.3, 0.4) is 0 Å². The van der Waals surface area contributed by atoms with Crippen molar-refractivity contribution in [2.24, 2.45) is 0 Å². The number of methoxy groups -OCH3 is 1. The first-order valence-electron chi connectivity index (χ1n) is 5.69. The number of hydrogen-bond donors (Lipinski definition) is 1. The summed E-state index contributed by atoms with van der Waals surface area (Å²) in [6.07, 6.45) is 0.705. The Bertz CT molecular complexity index is 215. The van der Waals surface area contributed by atoms with Crippen molar-refractivity contribution in [3.8, 4) is 0 Å². The van der Waals surface area contributed by atoms with Crippen LogP contribution in [0, 0.1) is 0 Å². The molecule has 0 aliphatic carbocycles. The molecule has 5 heteroatoms. The first kappa shape index (κ1) is 14.9. The fourth-order valence-corrected chi connectivity index (χ4v) is 1.33. The van der Waals surface area contributed by atoms with Crippen LogP contribution in [0.4, 0.5) is 0 Å². The Balaban J connectivity index is 3.73. The average Bonchev–Trinajstić information content (AvgIpc) is 2.26. The summed E-state index contributed by atoms with van der Waals surface area (Å²) in [6, 6.07) is 0. The number of nitrogens with one attached hydrogen (secondary N) is 1. The van der Waals surface area contributed by atoms with E-state index in [-0.39, 0.29) is 18.2 Å². The Labute approximate surface area is 97.1 Å². The smallest absolute Gasteiger partial charge is 0.231 e. The van der Waals surface area contributed by atoms with Crippen LogP contribution >= 0.6 is 0 Å². The molecule has 0 aromatic carbocycles. The fourth-order valence-electron chi connectivity index (χ4n) is 1.33. The van der Waals surface area contributed by atoms with Gasteiger partial charge in [0.05, 0.1) is 0 Å². The van der Waals surface area contributed by atoms with Gasteiger partial charge in [0.2, 0.25) is 11.8 Å². The van der Waals surface area contributed by atoms with E-state index in [0.717, 1.165) is 6.42 Å². The molecule has 0 aliphatic rings. The van der Waals surface area contributed by atoms with E-state index in [9.17, 15) is 9.59 Å². The van der Waals surface area contributed by atoms with Gasteiger partial charge in [-0.25, -0.2) is 0 Å². The second kappa shape index (κ2) is 9.15. The van der Waals surface area contributed by atoms with Gasteiger partial charge >= 0.3 is 0 Å². The van der Waals surface area contributed by atoms with Crippen molar-refractivity contribution in [3.05, 3.63) is 0 Å². The highest BCUT2D eigenvalue weighted by Crippen LogP contribution is 1.93. The van der Waals surface area contributed by atoms with Gasteiger partial charge in [0, 0.05) is 33.4 Å². The second-order valence-corrected chi connectivity index (χ2v) is 3.44. The quantitative estimate of drug-likeness (QED) is 0.485. The van der Waals surface area contributed by atoms with Crippen LogP contribution in [-0.4, -0.2) is 50.1 Å². The van der Waals surface area contributed by atoms with E-state index in [4.69, 9.17) is 4.74 Å². The third-order valence-corrected chi connectivity index (χ3v) is 2.28. The molecule has 5 nitrogen and oxygen atoms in total. The molecule has 2 amide bonds. The largest absolute Gasteiger partial charge is 0.385 e. The average molecular weight is 230 g/mol. The standard InChI is InChI=1S/C11H22N2O3/c1-4-13(5-2)11(15)9-10(14)12-7-6-8-16-3/h4-9H2,1-3H3,(H,12,14). The Morgan fingerprint density at radius 1 is 1.25 bits per heavy atom. The lowest BCUT2D eigenvalue weighted by molar-refractivity contribution is -0.135. The maximum absolute atomic E-state index is 11.5. The number of amides is 2. The van der Waals surface area contributed by atoms with Gasteiger partial charge in [-0.1, -0.05) is 0 Å². The summed E-state index contributed by atoms with van der Waals surface area (Å²) < 4.78 is 4.85. The topological polar surface area (TPSA) is 58.6 Å². The molecule has 0 spiro atoms. The minimum absolute atomic E-state index is 0.0609. The summed E-state index contributed by atoms with van der Waals surface area (Å²) in [7, 11) is 1.62. The monoisotopic (exact) mass is 230 g/mol. The molecule has 0 unspecified atom stereocenters. The molecule has 0 fully saturated rings. The molecule has 0 aromatic rings. The molecule has 0 saturated carbocycles. The number of nitrogens with zero attached hydrogens (tertiary/aromatic N) is 1. The Morgan fingerprint density at radius 3 is 2.38 bits per heavy atom. The van der Waals surface area contributed by atoms with Crippen molar-refractivity contribution < 1.29 is 14.3 Å². The minimum atomic E-state index is -0.215. The third kappa shape index (κ3) is 6.40. The molecular formula is C11H22N2O3. The zero-order valence-corrected chi connectivity index (χ0v) is 10.4. The minimum Gasteiger partial charge on any atom is -0.385 e. The summed E-state index contributed by atoms with van der Waals surface area (Å²) in [6.45, 7) is 6.26. The van der Waals surface area contributed by atoms with E-state index in [1.165, 1.54) is 0 Å². The normalized spacial score (nSPS) is 9.94. The number of ether oxygens (including phenoxy) is 1. The van der Waals surface area contributed by atoms with Crippen LogP contribution in [0.5, 0.6) is 0 Å². The Morgan fingerprint density at radius 2 is 1.88 bits per heavy atom. The predicted octanol–water partition coefficient (Wildman–Crippen LogP) is 0.398. The van der Waals surface area contributed by atoms with Gasteiger partial charge in [0.15, 0.2) is 0 Å². The summed E-state index contributed by atoms with van der Waals surface area (Å²) >= 11 is 0. The highest BCUT2D eigenvalue weighted by atomic mass is 16.5. The maximum atomic E-state index is 11.5. The molecule has 94 valence electrons. The van der Waals surface area contributed by atoms with E-state index < -0.39 is 0 Å². The number of carbonyl (C=O) groups is 2. The predicted molar refractivity (Wildman–Crippen MR) is 62.0 cm³/mol. The molecular weight excluding hydrogens is 208 g/mol. The lowest BCUT2D eigenvalue weighted by Crippen LogP contribution is -2.35. The van der Waals surface area contributed by atoms with Gasteiger partial charge in [-0.05, 0) is 20.3 Å². The van der Waals surface area contributed by atoms with E-state index in [1.54, 1.807) is 12.0 Å². The molecule has 0 aromatic heterocycles. The van der Waals surface area contributed by atoms with Gasteiger partial charge in [0.25, 0.3) is 0 Å². The molecule has 0 aliphatic heterocycles. The Kier molecular flexibility index (Phi) is 8.52. The molecule has 0 saturated heterocycles. The summed E-state index contributed by atoms with van der Waals surface area (Å²) in [5.41, 5.74) is 0. The number of rotatable bonds is 8. The lowest BCUT2D eigenvalue weighted by atomic mass is 10.3. The summed E-state index contributed by atoms with van der Waals surface area (Å²) in [5, 5.41) is 2.68. The zero-order valence-electron chi connectivity index (χ0n) is 10.4. The van der Waals surface area contributed by atoms with E-state index in [0.29, 0.717) is 26.2 Å². The van der Waals surface area contributed by atoms with Gasteiger partial charge in [0.1, 0.15) is 6.42 Å². The third-order valence-electron chi connectivity index (χ3n) is 2.28. The van der Waals surface area contributed by atoms with Crippen LogP contribution < -0.4 is 5.32 Å². The van der Waals surface area contributed by atoms with Gasteiger partial charge in [-0.3, -0.25) is 9.59 Å². The highest BCUT2D eigenvalue weighted by molar-refractivity contribution is 5.96. The fraction of sp³-hybridized carbons (Fsp3) is 0.818. The Hall–Kier alpha value is -1.10. The maximum Gasteiger partial charge on any atom is 0.231 e. The summed E-state index contributed by atoms with van der Waals surface area (Å²) in [4.78, 5) is 24.5. The second-order valence-electron chi connectivity index (χ2n) is 3.44. The van der Waals surface area contributed by atoms with Crippen molar-refractivity contribution in [2.75, 3.05) is 33.4 Å². The van der Waals surface area contributed by atoms with Crippen LogP contribution in [-0.2, 0) is 14.3 Å². The van der Waals surface area contributed by atoms with Crippen LogP contribution in [0.2, 0.25) is 0 Å². The SMILES string of the molecule is CCN(CC)C(=O)CC(=O)NCCCOC. The van der Waals surface area contributed by atoms with Crippen LogP contribution in [0.25, 0.3) is 0 Å². The lowest BCUT2D eigenvalue weighted by Gasteiger charge is -2.18. The van der Waals surface area contributed by atoms with E-state index in [1.807, 2.05) is 13.8 Å². The van der Waals surface area contributed by atoms with Crippen molar-refractivity contribution in [1.29, 1.82) is 0 Å². The van der Waals surface area contributed by atoms with Crippen molar-refractivity contribution in [1.82, 2.24) is 10.2 Å². The first-order chi connectivity index (χ1) is 7.65. The van der Waals surface area contributed by atoms with Gasteiger partial charge < -0.3 is 15.0 Å². The number of hydrogen-bond acceptors (Lipinski definition) is 3. The molecule has 0 bridgehead atoms. The van der Waals surface area contributed by atoms with Gasteiger partial charge in [-0.2, -0.15) is 0 Å². The molecule has 16 heavy (non-hydrogen) atoms. The molecule has 0 heterocycles.